The Morgan fingerprint density at radius 2 is 2.11 bits per heavy atom. The second-order valence-electron chi connectivity index (χ2n) is 1.98. The number of hydrogen-bond acceptors (Lipinski definition) is 0. The fourth-order valence-corrected chi connectivity index (χ4v) is 1.11. The van der Waals surface area contributed by atoms with E-state index in [1.54, 1.807) is 6.07 Å². The molecule has 1 aromatic rings. The third kappa shape index (κ3) is 1.45. The van der Waals surface area contributed by atoms with E-state index in [9.17, 15) is 0 Å². The van der Waals surface area contributed by atoms with E-state index in [-0.39, 0.29) is 0 Å². The molecule has 1 aromatic carbocycles. The van der Waals surface area contributed by atoms with Crippen LogP contribution >= 0.6 is 15.9 Å². The van der Waals surface area contributed by atoms with Gasteiger partial charge in [0.2, 0.25) is 0 Å². The standard InChI is InChI=1S/C7H7BrN/c1-5-2-3-7(9)6(8)4-5/h2-4,9H,1H3. The zero-order valence-electron chi connectivity index (χ0n) is 5.11. The van der Waals surface area contributed by atoms with Crippen molar-refractivity contribution in [2.75, 3.05) is 0 Å². The van der Waals surface area contributed by atoms with Gasteiger partial charge in [-0.15, -0.1) is 0 Å². The summed E-state index contributed by atoms with van der Waals surface area (Å²) in [5.41, 5.74) is 8.99. The van der Waals surface area contributed by atoms with Crippen molar-refractivity contribution in [1.82, 2.24) is 5.73 Å². The van der Waals surface area contributed by atoms with Crippen LogP contribution in [0.2, 0.25) is 0 Å². The zero-order chi connectivity index (χ0) is 6.85. The summed E-state index contributed by atoms with van der Waals surface area (Å²) in [7, 11) is 0. The van der Waals surface area contributed by atoms with E-state index >= 15 is 0 Å². The average molecular weight is 185 g/mol. The van der Waals surface area contributed by atoms with Crippen molar-refractivity contribution in [1.29, 1.82) is 0 Å². The van der Waals surface area contributed by atoms with Gasteiger partial charge in [0.15, 0.2) is 0 Å². The molecule has 0 atom stereocenters. The Kier molecular flexibility index (Phi) is 1.76. The molecule has 0 aromatic heterocycles. The molecule has 1 N–H and O–H groups in total. The van der Waals surface area contributed by atoms with Gasteiger partial charge in [-0.1, -0.05) is 6.07 Å². The number of rotatable bonds is 0. The summed E-state index contributed by atoms with van der Waals surface area (Å²) in [4.78, 5) is 0. The van der Waals surface area contributed by atoms with Gasteiger partial charge in [-0.05, 0) is 40.5 Å². The van der Waals surface area contributed by atoms with Crippen LogP contribution in [0.5, 0.6) is 0 Å². The Bertz CT molecular complexity index is 220. The maximum atomic E-state index is 7.27. The maximum absolute atomic E-state index is 7.27. The van der Waals surface area contributed by atoms with Crippen LogP contribution in [0.25, 0.3) is 0 Å². The van der Waals surface area contributed by atoms with Crippen LogP contribution in [0.15, 0.2) is 22.7 Å². The Labute approximate surface area is 63.0 Å². The third-order valence-corrected chi connectivity index (χ3v) is 1.78. The number of benzene rings is 1. The van der Waals surface area contributed by atoms with Crippen molar-refractivity contribution in [2.45, 2.75) is 6.92 Å². The van der Waals surface area contributed by atoms with Gasteiger partial charge in [0.25, 0.3) is 0 Å². The molecule has 1 nitrogen and oxygen atoms in total. The minimum Gasteiger partial charge on any atom is -0.300 e. The molecule has 1 radical (unpaired) electrons. The van der Waals surface area contributed by atoms with Gasteiger partial charge in [0.1, 0.15) is 0 Å². The normalized spacial score (nSPS) is 9.56. The summed E-state index contributed by atoms with van der Waals surface area (Å²) in [6, 6.07) is 5.63. The van der Waals surface area contributed by atoms with E-state index in [4.69, 9.17) is 5.73 Å². The van der Waals surface area contributed by atoms with Gasteiger partial charge in [-0.2, -0.15) is 0 Å². The second-order valence-corrected chi connectivity index (χ2v) is 2.84. The molecule has 9 heavy (non-hydrogen) atoms. The molecule has 0 saturated carbocycles. The molecule has 0 aliphatic carbocycles. The Balaban J connectivity index is 3.17. The first-order valence-electron chi connectivity index (χ1n) is 2.68. The van der Waals surface area contributed by atoms with E-state index in [2.05, 4.69) is 15.9 Å². The number of aryl methyl sites for hydroxylation is 1. The Morgan fingerprint density at radius 3 is 2.56 bits per heavy atom. The minimum atomic E-state index is 0.542. The Morgan fingerprint density at radius 1 is 1.44 bits per heavy atom. The summed E-state index contributed by atoms with van der Waals surface area (Å²) < 4.78 is 0.863. The van der Waals surface area contributed by atoms with Crippen LogP contribution in [0, 0.1) is 6.92 Å². The lowest BCUT2D eigenvalue weighted by atomic mass is 10.2. The zero-order valence-corrected chi connectivity index (χ0v) is 6.70. The van der Waals surface area contributed by atoms with Crippen LogP contribution < -0.4 is 5.73 Å². The molecule has 0 spiro atoms. The molecule has 0 amide bonds. The quantitative estimate of drug-likeness (QED) is 0.593. The van der Waals surface area contributed by atoms with Crippen LogP contribution in [0.4, 0.5) is 5.69 Å². The highest BCUT2D eigenvalue weighted by molar-refractivity contribution is 9.10. The van der Waals surface area contributed by atoms with E-state index in [0.29, 0.717) is 5.69 Å². The maximum Gasteiger partial charge on any atom is 0.0682 e. The summed E-state index contributed by atoms with van der Waals surface area (Å²) in [6.45, 7) is 2.00. The van der Waals surface area contributed by atoms with Crippen molar-refractivity contribution in [2.24, 2.45) is 0 Å². The predicted octanol–water partition coefficient (Wildman–Crippen LogP) is 2.67. The number of hydrogen-bond donors (Lipinski definition) is 0. The lowest BCUT2D eigenvalue weighted by Gasteiger charge is -1.95. The SMILES string of the molecule is Cc1ccc([NH])c(Br)c1. The first-order chi connectivity index (χ1) is 4.20. The third-order valence-electron chi connectivity index (χ3n) is 1.12. The highest BCUT2D eigenvalue weighted by Gasteiger charge is 1.92. The van der Waals surface area contributed by atoms with E-state index in [0.717, 1.165) is 4.47 Å². The van der Waals surface area contributed by atoms with Crippen LogP contribution in [-0.4, -0.2) is 0 Å². The molecular weight excluding hydrogens is 178 g/mol. The Hall–Kier alpha value is -0.500. The lowest BCUT2D eigenvalue weighted by Crippen LogP contribution is -1.74. The summed E-state index contributed by atoms with van der Waals surface area (Å²) in [5.74, 6) is 0. The smallest absolute Gasteiger partial charge is 0.0682 e. The van der Waals surface area contributed by atoms with Gasteiger partial charge in [0, 0.05) is 4.47 Å². The second kappa shape index (κ2) is 2.40. The fraction of sp³-hybridized carbons (Fsp3) is 0.143. The highest BCUT2D eigenvalue weighted by atomic mass is 79.9. The van der Waals surface area contributed by atoms with Crippen LogP contribution in [0.3, 0.4) is 0 Å². The van der Waals surface area contributed by atoms with Crippen LogP contribution in [0.1, 0.15) is 5.56 Å². The largest absolute Gasteiger partial charge is 0.300 e. The molecule has 2 heteroatoms. The fourth-order valence-electron chi connectivity index (χ4n) is 0.620. The van der Waals surface area contributed by atoms with Gasteiger partial charge >= 0.3 is 0 Å². The predicted molar refractivity (Wildman–Crippen MR) is 41.6 cm³/mol. The summed E-state index contributed by atoms with van der Waals surface area (Å²) in [6.07, 6.45) is 0. The van der Waals surface area contributed by atoms with Crippen LogP contribution in [-0.2, 0) is 0 Å². The molecule has 0 fully saturated rings. The van der Waals surface area contributed by atoms with E-state index in [1.165, 1.54) is 5.56 Å². The van der Waals surface area contributed by atoms with Crippen molar-refractivity contribution in [3.63, 3.8) is 0 Å². The van der Waals surface area contributed by atoms with Gasteiger partial charge < -0.3 is 0 Å². The first kappa shape index (κ1) is 6.62. The monoisotopic (exact) mass is 184 g/mol. The molecular formula is C7H7BrN. The molecule has 0 aliphatic heterocycles. The first-order valence-corrected chi connectivity index (χ1v) is 3.47. The molecule has 0 heterocycles. The topological polar surface area (TPSA) is 23.8 Å². The van der Waals surface area contributed by atoms with E-state index < -0.39 is 0 Å². The average Bonchev–Trinajstić information content (AvgIpc) is 1.80. The minimum absolute atomic E-state index is 0.542. The van der Waals surface area contributed by atoms with Crippen molar-refractivity contribution >= 4 is 21.6 Å². The lowest BCUT2D eigenvalue weighted by molar-refractivity contribution is 1.39. The summed E-state index contributed by atoms with van der Waals surface area (Å²) in [5, 5.41) is 0. The van der Waals surface area contributed by atoms with Gasteiger partial charge in [-0.3, -0.25) is 5.73 Å². The van der Waals surface area contributed by atoms with Crippen molar-refractivity contribution < 1.29 is 0 Å². The summed E-state index contributed by atoms with van der Waals surface area (Å²) >= 11 is 3.26. The molecule has 1 rings (SSSR count). The molecule has 0 unspecified atom stereocenters. The molecule has 0 aliphatic rings. The van der Waals surface area contributed by atoms with Crippen molar-refractivity contribution in [3.8, 4) is 0 Å². The number of nitrogens with one attached hydrogen (secondary N) is 1. The van der Waals surface area contributed by atoms with Gasteiger partial charge in [0.05, 0.1) is 5.69 Å². The molecule has 0 bridgehead atoms. The van der Waals surface area contributed by atoms with Crippen molar-refractivity contribution in [3.05, 3.63) is 28.2 Å². The van der Waals surface area contributed by atoms with Gasteiger partial charge in [-0.25, -0.2) is 0 Å². The molecule has 0 saturated heterocycles. The molecule has 47 valence electrons. The highest BCUT2D eigenvalue weighted by Crippen LogP contribution is 2.20. The van der Waals surface area contributed by atoms with E-state index in [1.807, 2.05) is 19.1 Å². The number of halogens is 1.